The predicted molar refractivity (Wildman–Crippen MR) is 99.6 cm³/mol. The number of esters is 1. The fraction of sp³-hybridized carbons (Fsp3) is 0.500. The lowest BCUT2D eigenvalue weighted by Gasteiger charge is -2.23. The molecule has 0 saturated heterocycles. The zero-order valence-electron chi connectivity index (χ0n) is 13.0. The Balaban J connectivity index is 2.21. The van der Waals surface area contributed by atoms with Crippen molar-refractivity contribution in [2.24, 2.45) is 0 Å². The van der Waals surface area contributed by atoms with Gasteiger partial charge >= 0.3 is 11.9 Å². The minimum Gasteiger partial charge on any atom is -0.544 e. The predicted octanol–water partition coefficient (Wildman–Crippen LogP) is 3.15. The van der Waals surface area contributed by atoms with Crippen LogP contribution in [0.15, 0.2) is 12.1 Å². The summed E-state index contributed by atoms with van der Waals surface area (Å²) in [5.74, 6) is -7.45. The molecule has 0 aliphatic heterocycles. The van der Waals surface area contributed by atoms with Crippen LogP contribution in [0, 0.1) is 7.14 Å². The van der Waals surface area contributed by atoms with Crippen LogP contribution in [0.3, 0.4) is 0 Å². The first kappa shape index (κ1) is 20.6. The van der Waals surface area contributed by atoms with Gasteiger partial charge in [-0.05, 0) is 83.0 Å². The molecule has 0 heterocycles. The number of ether oxygens (including phenoxy) is 2. The molecule has 138 valence electrons. The summed E-state index contributed by atoms with van der Waals surface area (Å²) >= 11 is 3.83. The molecule has 0 bridgehead atoms. The minimum atomic E-state index is -4.16. The summed E-state index contributed by atoms with van der Waals surface area (Å²) in [4.78, 5) is 22.9. The van der Waals surface area contributed by atoms with Crippen LogP contribution in [-0.4, -0.2) is 30.6 Å². The number of rotatable bonds is 6. The van der Waals surface area contributed by atoms with Gasteiger partial charge in [0.2, 0.25) is 0 Å². The van der Waals surface area contributed by atoms with E-state index < -0.39 is 24.5 Å². The van der Waals surface area contributed by atoms with Gasteiger partial charge in [0, 0.05) is 3.57 Å². The molecule has 0 radical (unpaired) electrons. The average Bonchev–Trinajstić information content (AvgIpc) is 2.54. The molecular weight excluding hydrogens is 564 g/mol. The third-order valence-corrected chi connectivity index (χ3v) is 5.17. The van der Waals surface area contributed by atoms with Gasteiger partial charge in [-0.3, -0.25) is 0 Å². The Bertz CT molecular complexity index is 660. The Labute approximate surface area is 170 Å². The maximum Gasteiger partial charge on any atom is 0.342 e. The molecule has 1 aliphatic rings. The SMILES string of the molecule is O=C(OC1CCCCC1)c1cc(I)cc(I)c1OCC(F)(F)C(=O)[O-]. The van der Waals surface area contributed by atoms with Crippen LogP contribution in [0.25, 0.3) is 0 Å². The zero-order chi connectivity index (χ0) is 18.6. The van der Waals surface area contributed by atoms with E-state index in [1.807, 2.05) is 45.2 Å². The number of carboxylic acids is 1. The number of carbonyl (C=O) groups is 2. The molecule has 0 N–H and O–H groups in total. The number of carboxylic acid groups (broad SMARTS) is 1. The molecule has 0 spiro atoms. The van der Waals surface area contributed by atoms with Crippen LogP contribution in [0.1, 0.15) is 42.5 Å². The maximum atomic E-state index is 13.2. The number of hydrogen-bond acceptors (Lipinski definition) is 5. The van der Waals surface area contributed by atoms with Crippen LogP contribution in [0.4, 0.5) is 8.78 Å². The first-order valence-electron chi connectivity index (χ1n) is 7.63. The molecule has 5 nitrogen and oxygen atoms in total. The lowest BCUT2D eigenvalue weighted by atomic mass is 9.98. The van der Waals surface area contributed by atoms with Crippen molar-refractivity contribution in [2.75, 3.05) is 6.61 Å². The van der Waals surface area contributed by atoms with Gasteiger partial charge in [-0.1, -0.05) is 6.42 Å². The molecule has 1 aromatic carbocycles. The van der Waals surface area contributed by atoms with E-state index in [4.69, 9.17) is 9.47 Å². The smallest absolute Gasteiger partial charge is 0.342 e. The topological polar surface area (TPSA) is 75.7 Å². The van der Waals surface area contributed by atoms with Crippen molar-refractivity contribution in [3.63, 3.8) is 0 Å². The highest BCUT2D eigenvalue weighted by molar-refractivity contribution is 14.1. The first-order chi connectivity index (χ1) is 11.7. The molecule has 2 rings (SSSR count). The van der Waals surface area contributed by atoms with E-state index in [2.05, 4.69) is 0 Å². The average molecular weight is 579 g/mol. The number of halogens is 4. The van der Waals surface area contributed by atoms with Gasteiger partial charge in [0.05, 0.1) is 3.57 Å². The van der Waals surface area contributed by atoms with Crippen LogP contribution in [0.5, 0.6) is 5.75 Å². The summed E-state index contributed by atoms with van der Waals surface area (Å²) in [7, 11) is 0. The van der Waals surface area contributed by atoms with E-state index in [0.717, 1.165) is 32.1 Å². The number of carbonyl (C=O) groups excluding carboxylic acids is 2. The highest BCUT2D eigenvalue weighted by Gasteiger charge is 2.33. The number of benzene rings is 1. The maximum absolute atomic E-state index is 13.2. The van der Waals surface area contributed by atoms with Crippen LogP contribution >= 0.6 is 45.2 Å². The summed E-state index contributed by atoms with van der Waals surface area (Å²) < 4.78 is 38.0. The van der Waals surface area contributed by atoms with Gasteiger partial charge in [0.15, 0.2) is 6.61 Å². The summed E-state index contributed by atoms with van der Waals surface area (Å²) in [6.07, 6.45) is 4.39. The molecule has 9 heteroatoms. The monoisotopic (exact) mass is 579 g/mol. The van der Waals surface area contributed by atoms with Crippen molar-refractivity contribution < 1.29 is 33.0 Å². The van der Waals surface area contributed by atoms with Gasteiger partial charge in [-0.15, -0.1) is 0 Å². The Morgan fingerprint density at radius 3 is 2.44 bits per heavy atom. The number of alkyl halides is 2. The normalized spacial score (nSPS) is 15.7. The molecule has 0 amide bonds. The van der Waals surface area contributed by atoms with Crippen molar-refractivity contribution in [3.05, 3.63) is 24.8 Å². The van der Waals surface area contributed by atoms with Crippen molar-refractivity contribution in [1.82, 2.24) is 0 Å². The van der Waals surface area contributed by atoms with Crippen molar-refractivity contribution in [2.45, 2.75) is 44.1 Å². The van der Waals surface area contributed by atoms with E-state index in [1.165, 1.54) is 6.07 Å². The van der Waals surface area contributed by atoms with Gasteiger partial charge < -0.3 is 19.4 Å². The molecular formula is C16H15F2I2O5-. The molecule has 1 aromatic rings. The second-order valence-corrected chi connectivity index (χ2v) is 8.12. The number of hydrogen-bond donors (Lipinski definition) is 0. The highest BCUT2D eigenvalue weighted by Crippen LogP contribution is 2.31. The Kier molecular flexibility index (Phi) is 7.23. The van der Waals surface area contributed by atoms with E-state index in [9.17, 15) is 23.5 Å². The fourth-order valence-corrected chi connectivity index (χ4v) is 4.48. The van der Waals surface area contributed by atoms with Crippen LogP contribution in [-0.2, 0) is 9.53 Å². The molecule has 0 atom stereocenters. The molecule has 0 unspecified atom stereocenters. The lowest BCUT2D eigenvalue weighted by molar-refractivity contribution is -0.330. The summed E-state index contributed by atoms with van der Waals surface area (Å²) in [6.45, 7) is -1.42. The van der Waals surface area contributed by atoms with E-state index in [-0.39, 0.29) is 17.4 Å². The second kappa shape index (κ2) is 8.78. The van der Waals surface area contributed by atoms with Crippen molar-refractivity contribution >= 4 is 57.1 Å². The largest absolute Gasteiger partial charge is 0.544 e. The molecule has 25 heavy (non-hydrogen) atoms. The highest BCUT2D eigenvalue weighted by atomic mass is 127. The van der Waals surface area contributed by atoms with Gasteiger partial charge in [0.25, 0.3) is 0 Å². The summed E-state index contributed by atoms with van der Waals surface area (Å²) in [5, 5.41) is 10.4. The van der Waals surface area contributed by atoms with Crippen molar-refractivity contribution in [1.29, 1.82) is 0 Å². The Morgan fingerprint density at radius 2 is 1.84 bits per heavy atom. The zero-order valence-corrected chi connectivity index (χ0v) is 17.3. The standard InChI is InChI=1S/C16H16F2I2O5/c17-16(18,15(22)23)8-24-13-11(6-9(19)7-12(13)20)14(21)25-10-4-2-1-3-5-10/h6-7,10H,1-5,8H2,(H,22,23)/p-1. The lowest BCUT2D eigenvalue weighted by Crippen LogP contribution is -2.45. The second-order valence-electron chi connectivity index (χ2n) is 5.71. The molecule has 1 aliphatic carbocycles. The van der Waals surface area contributed by atoms with E-state index >= 15 is 0 Å². The first-order valence-corrected chi connectivity index (χ1v) is 9.78. The van der Waals surface area contributed by atoms with E-state index in [1.54, 1.807) is 6.07 Å². The quantitative estimate of drug-likeness (QED) is 0.383. The van der Waals surface area contributed by atoms with Gasteiger partial charge in [-0.25, -0.2) is 4.79 Å². The third-order valence-electron chi connectivity index (χ3n) is 3.75. The number of aliphatic carboxylic acids is 1. The van der Waals surface area contributed by atoms with Gasteiger partial charge in [0.1, 0.15) is 23.4 Å². The van der Waals surface area contributed by atoms with Crippen molar-refractivity contribution in [3.8, 4) is 5.75 Å². The van der Waals surface area contributed by atoms with Gasteiger partial charge in [-0.2, -0.15) is 8.78 Å². The summed E-state index contributed by atoms with van der Waals surface area (Å²) in [6, 6.07) is 3.10. The van der Waals surface area contributed by atoms with Crippen LogP contribution < -0.4 is 9.84 Å². The third kappa shape index (κ3) is 5.63. The van der Waals surface area contributed by atoms with Crippen LogP contribution in [0.2, 0.25) is 0 Å². The van der Waals surface area contributed by atoms with E-state index in [0.29, 0.717) is 7.14 Å². The minimum absolute atomic E-state index is 0.0102. The fourth-order valence-electron chi connectivity index (χ4n) is 2.48. The Morgan fingerprint density at radius 1 is 1.20 bits per heavy atom. The molecule has 1 saturated carbocycles. The summed E-state index contributed by atoms with van der Waals surface area (Å²) in [5.41, 5.74) is 0.0102. The molecule has 1 fully saturated rings. The Hall–Kier alpha value is -0.720. The molecule has 0 aromatic heterocycles.